The highest BCUT2D eigenvalue weighted by atomic mass is 19.1. The van der Waals surface area contributed by atoms with Crippen LogP contribution in [0.15, 0.2) is 41.0 Å². The van der Waals surface area contributed by atoms with E-state index in [0.717, 1.165) is 22.6 Å². The predicted molar refractivity (Wildman–Crippen MR) is 93.7 cm³/mol. The van der Waals surface area contributed by atoms with Gasteiger partial charge in [0.05, 0.1) is 25.0 Å². The number of aromatic nitrogens is 2. The maximum absolute atomic E-state index is 13.8. The zero-order valence-electron chi connectivity index (χ0n) is 14.3. The number of alkyl halides is 1. The highest BCUT2D eigenvalue weighted by molar-refractivity contribution is 5.95. The number of nitrogens with zero attached hydrogens (tertiary/aromatic N) is 3. The Morgan fingerprint density at radius 1 is 1.40 bits per heavy atom. The molecule has 1 aromatic carbocycles. The summed E-state index contributed by atoms with van der Waals surface area (Å²) in [6.45, 7) is 1.98. The summed E-state index contributed by atoms with van der Waals surface area (Å²) in [5, 5.41) is 6.82. The minimum Gasteiger partial charge on any atom is -0.497 e. The molecule has 1 aromatic heterocycles. The van der Waals surface area contributed by atoms with Gasteiger partial charge in [-0.15, -0.1) is 0 Å². The Kier molecular flexibility index (Phi) is 4.65. The predicted octanol–water partition coefficient (Wildman–Crippen LogP) is 2.44. The summed E-state index contributed by atoms with van der Waals surface area (Å²) in [5.41, 5.74) is 3.17. The number of rotatable bonds is 4. The number of methoxy groups -OCH3 is 1. The van der Waals surface area contributed by atoms with Crippen LogP contribution in [0.5, 0.6) is 5.75 Å². The van der Waals surface area contributed by atoms with Crippen molar-refractivity contribution in [2.75, 3.05) is 13.7 Å². The summed E-state index contributed by atoms with van der Waals surface area (Å²) < 4.78 is 20.6. The molecule has 2 heterocycles. The number of hydrogen-bond donors (Lipinski definition) is 1. The second-order valence-corrected chi connectivity index (χ2v) is 5.78. The molecule has 1 atom stereocenters. The van der Waals surface area contributed by atoms with Gasteiger partial charge in [-0.1, -0.05) is 0 Å². The summed E-state index contributed by atoms with van der Waals surface area (Å²) >= 11 is 0. The van der Waals surface area contributed by atoms with E-state index in [1.807, 2.05) is 25.1 Å². The number of ether oxygens (including phenoxy) is 1. The van der Waals surface area contributed by atoms with Crippen molar-refractivity contribution in [2.24, 2.45) is 12.0 Å². The van der Waals surface area contributed by atoms with Crippen LogP contribution in [0.4, 0.5) is 4.39 Å². The van der Waals surface area contributed by atoms with Gasteiger partial charge in [0.25, 0.3) is 5.91 Å². The van der Waals surface area contributed by atoms with Crippen LogP contribution in [0.25, 0.3) is 11.3 Å². The Labute approximate surface area is 145 Å². The maximum atomic E-state index is 13.8. The van der Waals surface area contributed by atoms with Gasteiger partial charge in [0.2, 0.25) is 0 Å². The van der Waals surface area contributed by atoms with Crippen molar-refractivity contribution in [3.8, 4) is 17.0 Å². The highest BCUT2D eigenvalue weighted by Crippen LogP contribution is 2.27. The molecule has 0 saturated carbocycles. The topological polar surface area (TPSA) is 68.5 Å². The first-order valence-corrected chi connectivity index (χ1v) is 7.84. The molecule has 2 aromatic rings. The van der Waals surface area contributed by atoms with Gasteiger partial charge >= 0.3 is 0 Å². The number of aryl methyl sites for hydroxylation is 2. The summed E-state index contributed by atoms with van der Waals surface area (Å²) in [4.78, 5) is 16.2. The molecule has 7 heteroatoms. The van der Waals surface area contributed by atoms with E-state index in [0.29, 0.717) is 0 Å². The van der Waals surface area contributed by atoms with Crippen LogP contribution in [-0.4, -0.2) is 41.7 Å². The Morgan fingerprint density at radius 3 is 2.88 bits per heavy atom. The Hall–Kier alpha value is -2.96. The number of nitrogens with one attached hydrogen (secondary N) is 1. The standard InChI is InChI=1S/C18H19FN4O2/c1-11-8-12(25-3)4-5-13(11)17-9-16(22-23(17)2)18(24)21-15-6-7-20-10-14(15)19/h4-9,14H,10H2,1-3H3,(H,21,24). The number of amides is 1. The van der Waals surface area contributed by atoms with E-state index in [2.05, 4.69) is 15.4 Å². The Balaban J connectivity index is 1.86. The van der Waals surface area contributed by atoms with E-state index in [1.165, 1.54) is 12.3 Å². The third-order valence-corrected chi connectivity index (χ3v) is 4.04. The van der Waals surface area contributed by atoms with Gasteiger partial charge in [0.1, 0.15) is 5.75 Å². The molecular weight excluding hydrogens is 323 g/mol. The van der Waals surface area contributed by atoms with Gasteiger partial charge in [-0.05, 0) is 42.8 Å². The summed E-state index contributed by atoms with van der Waals surface area (Å²) in [6.07, 6.45) is 1.64. The quantitative estimate of drug-likeness (QED) is 0.928. The molecule has 25 heavy (non-hydrogen) atoms. The van der Waals surface area contributed by atoms with Gasteiger partial charge in [0, 0.05) is 18.8 Å². The Morgan fingerprint density at radius 2 is 2.20 bits per heavy atom. The molecule has 130 valence electrons. The SMILES string of the molecule is COc1ccc(-c2cc(C(=O)NC3=CC=NCC3F)nn2C)c(C)c1. The van der Waals surface area contributed by atoms with Crippen LogP contribution in [0.3, 0.4) is 0 Å². The molecule has 3 rings (SSSR count). The average Bonchev–Trinajstić information content (AvgIpc) is 2.98. The number of hydrogen-bond acceptors (Lipinski definition) is 4. The first-order valence-electron chi connectivity index (χ1n) is 7.84. The molecule has 0 saturated heterocycles. The van der Waals surface area contributed by atoms with Crippen LogP contribution in [0.1, 0.15) is 16.1 Å². The van der Waals surface area contributed by atoms with E-state index >= 15 is 0 Å². The maximum Gasteiger partial charge on any atom is 0.276 e. The number of carbonyl (C=O) groups excluding carboxylic acids is 1. The van der Waals surface area contributed by atoms with Crippen molar-refractivity contribution in [2.45, 2.75) is 13.1 Å². The highest BCUT2D eigenvalue weighted by Gasteiger charge is 2.20. The number of benzene rings is 1. The normalized spacial score (nSPS) is 16.5. The van der Waals surface area contributed by atoms with Gasteiger partial charge in [-0.2, -0.15) is 5.10 Å². The molecule has 1 aliphatic heterocycles. The molecule has 1 N–H and O–H groups in total. The molecule has 6 nitrogen and oxygen atoms in total. The number of carbonyl (C=O) groups is 1. The third-order valence-electron chi connectivity index (χ3n) is 4.04. The van der Waals surface area contributed by atoms with Crippen LogP contribution >= 0.6 is 0 Å². The van der Waals surface area contributed by atoms with Crippen molar-refractivity contribution < 1.29 is 13.9 Å². The van der Waals surface area contributed by atoms with E-state index < -0.39 is 12.1 Å². The van der Waals surface area contributed by atoms with Gasteiger partial charge < -0.3 is 10.1 Å². The molecule has 0 radical (unpaired) electrons. The van der Waals surface area contributed by atoms with Crippen LogP contribution < -0.4 is 10.1 Å². The van der Waals surface area contributed by atoms with E-state index in [9.17, 15) is 9.18 Å². The third kappa shape index (κ3) is 3.45. The fraction of sp³-hybridized carbons (Fsp3) is 0.278. The number of dihydropyridines is 1. The first-order chi connectivity index (χ1) is 12.0. The summed E-state index contributed by atoms with van der Waals surface area (Å²) in [5.74, 6) is 0.318. The lowest BCUT2D eigenvalue weighted by molar-refractivity contribution is 0.0953. The minimum absolute atomic E-state index is 0.0185. The van der Waals surface area contributed by atoms with Crippen molar-refractivity contribution in [1.29, 1.82) is 0 Å². The largest absolute Gasteiger partial charge is 0.497 e. The van der Waals surface area contributed by atoms with Crippen molar-refractivity contribution in [3.05, 3.63) is 47.3 Å². The van der Waals surface area contributed by atoms with Crippen LogP contribution in [-0.2, 0) is 7.05 Å². The molecule has 1 aliphatic rings. The zero-order valence-corrected chi connectivity index (χ0v) is 14.3. The monoisotopic (exact) mass is 342 g/mol. The van der Waals surface area contributed by atoms with E-state index in [-0.39, 0.29) is 17.9 Å². The summed E-state index contributed by atoms with van der Waals surface area (Å²) in [7, 11) is 3.38. The van der Waals surface area contributed by atoms with Crippen molar-refractivity contribution in [3.63, 3.8) is 0 Å². The van der Waals surface area contributed by atoms with Gasteiger partial charge in [-0.25, -0.2) is 4.39 Å². The van der Waals surface area contributed by atoms with Crippen molar-refractivity contribution >= 4 is 12.1 Å². The fourth-order valence-corrected chi connectivity index (χ4v) is 2.69. The fourth-order valence-electron chi connectivity index (χ4n) is 2.69. The number of aliphatic imine (C=N–C) groups is 1. The lowest BCUT2D eigenvalue weighted by Crippen LogP contribution is -2.31. The van der Waals surface area contributed by atoms with Crippen molar-refractivity contribution in [1.82, 2.24) is 15.1 Å². The molecule has 0 fully saturated rings. The van der Waals surface area contributed by atoms with E-state index in [1.54, 1.807) is 24.9 Å². The molecule has 0 bridgehead atoms. The molecule has 0 spiro atoms. The minimum atomic E-state index is -1.30. The molecule has 1 unspecified atom stereocenters. The molecular formula is C18H19FN4O2. The Bertz CT molecular complexity index is 870. The van der Waals surface area contributed by atoms with Gasteiger partial charge in [0.15, 0.2) is 11.9 Å². The average molecular weight is 342 g/mol. The second kappa shape index (κ2) is 6.88. The van der Waals surface area contributed by atoms with Gasteiger partial charge in [-0.3, -0.25) is 14.5 Å². The molecule has 0 aliphatic carbocycles. The second-order valence-electron chi connectivity index (χ2n) is 5.78. The lowest BCUT2D eigenvalue weighted by atomic mass is 10.0. The molecule has 1 amide bonds. The van der Waals surface area contributed by atoms with Crippen LogP contribution in [0, 0.1) is 6.92 Å². The number of halogens is 1. The summed E-state index contributed by atoms with van der Waals surface area (Å²) in [6, 6.07) is 7.39. The smallest absolute Gasteiger partial charge is 0.276 e. The van der Waals surface area contributed by atoms with E-state index in [4.69, 9.17) is 4.74 Å². The lowest BCUT2D eigenvalue weighted by Gasteiger charge is -2.13. The number of allylic oxidation sites excluding steroid dienone is 1. The van der Waals surface area contributed by atoms with Crippen LogP contribution in [0.2, 0.25) is 0 Å². The first kappa shape index (κ1) is 16.9. The zero-order chi connectivity index (χ0) is 18.0.